The quantitative estimate of drug-likeness (QED) is 0.115. The van der Waals surface area contributed by atoms with Gasteiger partial charge in [-0.25, -0.2) is 0 Å². The predicted molar refractivity (Wildman–Crippen MR) is 212 cm³/mol. The van der Waals surface area contributed by atoms with Crippen molar-refractivity contribution in [3.05, 3.63) is 119 Å². The molecule has 0 spiro atoms. The van der Waals surface area contributed by atoms with Gasteiger partial charge in [-0.1, -0.05) is 72.8 Å². The maximum absolute atomic E-state index is 14.6. The Hall–Kier alpha value is -5.23. The van der Waals surface area contributed by atoms with Gasteiger partial charge in [0.25, 0.3) is 0 Å². The van der Waals surface area contributed by atoms with Crippen molar-refractivity contribution in [3.63, 3.8) is 0 Å². The molecule has 0 saturated carbocycles. The zero-order valence-corrected chi connectivity index (χ0v) is 31.6. The maximum atomic E-state index is 14.6. The Morgan fingerprint density at radius 2 is 1.39 bits per heavy atom. The van der Waals surface area contributed by atoms with Gasteiger partial charge in [0.1, 0.15) is 36.8 Å². The predicted octanol–water partition coefficient (Wildman–Crippen LogP) is 3.97. The molecule has 4 aromatic rings. The van der Waals surface area contributed by atoms with Crippen LogP contribution < -0.4 is 36.5 Å². The van der Waals surface area contributed by atoms with Crippen molar-refractivity contribution in [2.24, 2.45) is 5.73 Å². The summed E-state index contributed by atoms with van der Waals surface area (Å²) < 4.78 is 12.8. The zero-order valence-electron chi connectivity index (χ0n) is 31.6. The van der Waals surface area contributed by atoms with Crippen molar-refractivity contribution in [2.45, 2.75) is 63.9 Å². The molecule has 4 bridgehead atoms. The van der Waals surface area contributed by atoms with Crippen LogP contribution in [0.15, 0.2) is 97.1 Å². The van der Waals surface area contributed by atoms with E-state index in [1.165, 1.54) is 0 Å². The summed E-state index contributed by atoms with van der Waals surface area (Å²) in [5.41, 5.74) is 11.2. The summed E-state index contributed by atoms with van der Waals surface area (Å²) in [6.07, 6.45) is 1.51. The van der Waals surface area contributed by atoms with Gasteiger partial charge in [0.15, 0.2) is 0 Å². The fraction of sp³-hybridized carbons (Fsp3) is 0.372. The number of carbonyl (C=O) groups excluding carboxylic acids is 3. The standard InChI is InChI=1S/C43H54N6O5/c1-4-49-38(42(51)47-23-21-44)27-35-25-33(18-20-40(35)54-29-31-14-9-6-10-15-31)32-17-19-39(53-28-30-12-7-5-8-13-30)34(24-32)26-37(46-3)41(50)48-36(43(49)52)16-11-22-45-2/h5-10,12-15,17-20,24-25,36-38,45-46H,4,11,16,21-23,26-29,44H2,1-3H3,(H,47,51)(H,48,50)/t36-,37-,38-/m0/s1. The molecule has 5 rings (SSSR count). The Kier molecular flexibility index (Phi) is 15.0. The average molecular weight is 735 g/mol. The lowest BCUT2D eigenvalue weighted by Gasteiger charge is -2.34. The number of hydrogen-bond acceptors (Lipinski definition) is 8. The van der Waals surface area contributed by atoms with E-state index in [0.29, 0.717) is 50.5 Å². The summed E-state index contributed by atoms with van der Waals surface area (Å²) >= 11 is 0. The second kappa shape index (κ2) is 20.3. The molecule has 0 radical (unpaired) electrons. The number of fused-ring (bicyclic) bond motifs is 5. The van der Waals surface area contributed by atoms with Crippen LogP contribution in [0.5, 0.6) is 11.5 Å². The molecular weight excluding hydrogens is 681 g/mol. The molecule has 1 heterocycles. The highest BCUT2D eigenvalue weighted by atomic mass is 16.5. The topological polar surface area (TPSA) is 147 Å². The van der Waals surface area contributed by atoms with Crippen LogP contribution in [0.3, 0.4) is 0 Å². The number of benzene rings is 4. The first kappa shape index (κ1) is 40.0. The molecule has 0 aromatic heterocycles. The second-order valence-electron chi connectivity index (χ2n) is 13.5. The molecule has 286 valence electrons. The van der Waals surface area contributed by atoms with Gasteiger partial charge in [0, 0.05) is 32.5 Å². The van der Waals surface area contributed by atoms with Crippen molar-refractivity contribution >= 4 is 17.7 Å². The van der Waals surface area contributed by atoms with Gasteiger partial charge in [-0.2, -0.15) is 0 Å². The summed E-state index contributed by atoms with van der Waals surface area (Å²) in [5, 5.41) is 12.3. The van der Waals surface area contributed by atoms with Crippen LogP contribution in [-0.4, -0.2) is 81.0 Å². The third kappa shape index (κ3) is 10.7. The fourth-order valence-electron chi connectivity index (χ4n) is 6.74. The summed E-state index contributed by atoms with van der Waals surface area (Å²) in [4.78, 5) is 44.3. The van der Waals surface area contributed by atoms with E-state index in [4.69, 9.17) is 15.2 Å². The van der Waals surface area contributed by atoms with Crippen LogP contribution >= 0.6 is 0 Å². The number of amides is 3. The number of nitrogens with zero attached hydrogens (tertiary/aromatic N) is 1. The largest absolute Gasteiger partial charge is 0.489 e. The molecule has 11 nitrogen and oxygen atoms in total. The maximum Gasteiger partial charge on any atom is 0.245 e. The van der Waals surface area contributed by atoms with Crippen molar-refractivity contribution in [1.82, 2.24) is 26.2 Å². The number of ether oxygens (including phenoxy) is 2. The Bertz CT molecular complexity index is 1820. The molecular formula is C43H54N6O5. The Morgan fingerprint density at radius 1 is 0.815 bits per heavy atom. The van der Waals surface area contributed by atoms with E-state index in [2.05, 4.69) is 27.3 Å². The lowest BCUT2D eigenvalue weighted by molar-refractivity contribution is -0.143. The smallest absolute Gasteiger partial charge is 0.245 e. The minimum Gasteiger partial charge on any atom is -0.489 e. The van der Waals surface area contributed by atoms with Crippen LogP contribution in [-0.2, 0) is 40.4 Å². The first-order valence-corrected chi connectivity index (χ1v) is 18.8. The third-order valence-corrected chi connectivity index (χ3v) is 9.71. The first-order chi connectivity index (χ1) is 26.3. The fourth-order valence-corrected chi connectivity index (χ4v) is 6.74. The van der Waals surface area contributed by atoms with E-state index in [9.17, 15) is 14.4 Å². The van der Waals surface area contributed by atoms with E-state index in [1.807, 2.05) is 105 Å². The molecule has 11 heteroatoms. The molecule has 0 unspecified atom stereocenters. The van der Waals surface area contributed by atoms with Gasteiger partial charge < -0.3 is 41.4 Å². The number of nitrogens with one attached hydrogen (secondary N) is 4. The summed E-state index contributed by atoms with van der Waals surface area (Å²) in [5.74, 6) is 0.319. The molecule has 54 heavy (non-hydrogen) atoms. The molecule has 6 N–H and O–H groups in total. The zero-order chi connectivity index (χ0) is 38.3. The van der Waals surface area contributed by atoms with Gasteiger partial charge in [-0.15, -0.1) is 0 Å². The molecule has 3 amide bonds. The second-order valence-corrected chi connectivity index (χ2v) is 13.5. The Morgan fingerprint density at radius 3 is 1.91 bits per heavy atom. The number of hydrogen-bond donors (Lipinski definition) is 5. The van der Waals surface area contributed by atoms with E-state index < -0.39 is 18.1 Å². The van der Waals surface area contributed by atoms with Gasteiger partial charge in [-0.05, 0) is 98.1 Å². The van der Waals surface area contributed by atoms with Crippen LogP contribution in [0.1, 0.15) is 42.0 Å². The number of carbonyl (C=O) groups is 3. The Balaban J connectivity index is 1.63. The summed E-state index contributed by atoms with van der Waals surface area (Å²) in [6, 6.07) is 29.4. The molecule has 0 saturated heterocycles. The first-order valence-electron chi connectivity index (χ1n) is 18.8. The summed E-state index contributed by atoms with van der Waals surface area (Å²) in [7, 11) is 3.59. The summed E-state index contributed by atoms with van der Waals surface area (Å²) in [6.45, 7) is 3.96. The van der Waals surface area contributed by atoms with Gasteiger partial charge in [-0.3, -0.25) is 14.4 Å². The molecule has 1 aliphatic rings. The molecule has 0 fully saturated rings. The van der Waals surface area contributed by atoms with Gasteiger partial charge in [0.05, 0.1) is 6.04 Å². The molecule has 1 aliphatic heterocycles. The van der Waals surface area contributed by atoms with Crippen molar-refractivity contribution < 1.29 is 23.9 Å². The van der Waals surface area contributed by atoms with Crippen LogP contribution in [0.2, 0.25) is 0 Å². The van der Waals surface area contributed by atoms with Crippen LogP contribution in [0.4, 0.5) is 0 Å². The molecule has 4 aromatic carbocycles. The lowest BCUT2D eigenvalue weighted by atomic mass is 9.94. The minimum atomic E-state index is -0.901. The lowest BCUT2D eigenvalue weighted by Crippen LogP contribution is -2.58. The Labute approximate surface area is 319 Å². The highest BCUT2D eigenvalue weighted by molar-refractivity contribution is 5.93. The highest BCUT2D eigenvalue weighted by Gasteiger charge is 2.35. The third-order valence-electron chi connectivity index (χ3n) is 9.71. The van der Waals surface area contributed by atoms with E-state index in [1.54, 1.807) is 11.9 Å². The van der Waals surface area contributed by atoms with Gasteiger partial charge >= 0.3 is 0 Å². The van der Waals surface area contributed by atoms with Crippen LogP contribution in [0, 0.1) is 0 Å². The van der Waals surface area contributed by atoms with Crippen LogP contribution in [0.25, 0.3) is 11.1 Å². The average Bonchev–Trinajstić information content (AvgIpc) is 3.20. The SMILES string of the molecule is CCN1C(=O)[C@H](CCCNC)NC(=O)[C@@H](NC)Cc2cc(ccc2OCc2ccccc2)-c2ccc(OCc3ccccc3)c(c2)C[C@H]1C(=O)NCCN. The van der Waals surface area contributed by atoms with Crippen molar-refractivity contribution in [3.8, 4) is 22.6 Å². The minimum absolute atomic E-state index is 0.176. The van der Waals surface area contributed by atoms with E-state index in [0.717, 1.165) is 33.4 Å². The van der Waals surface area contributed by atoms with Crippen molar-refractivity contribution in [2.75, 3.05) is 40.3 Å². The van der Waals surface area contributed by atoms with E-state index in [-0.39, 0.29) is 43.8 Å². The molecule has 3 atom stereocenters. The monoisotopic (exact) mass is 734 g/mol. The number of rotatable bonds is 15. The number of nitrogens with two attached hydrogens (primary N) is 1. The highest BCUT2D eigenvalue weighted by Crippen LogP contribution is 2.33. The van der Waals surface area contributed by atoms with E-state index >= 15 is 0 Å². The molecule has 0 aliphatic carbocycles. The van der Waals surface area contributed by atoms with Gasteiger partial charge in [0.2, 0.25) is 17.7 Å². The van der Waals surface area contributed by atoms with Crippen molar-refractivity contribution in [1.29, 1.82) is 0 Å². The number of likely N-dealkylation sites (N-methyl/N-ethyl adjacent to an activating group) is 2. The normalized spacial score (nSPS) is 17.6.